The Kier molecular flexibility index (Phi) is 3.15. The molecule has 4 rings (SSSR count). The van der Waals surface area contributed by atoms with Gasteiger partial charge in [-0.3, -0.25) is 9.59 Å². The quantitative estimate of drug-likeness (QED) is 0.623. The molecule has 9 heteroatoms. The molecule has 24 heavy (non-hydrogen) atoms. The highest BCUT2D eigenvalue weighted by Gasteiger charge is 2.40. The van der Waals surface area contributed by atoms with E-state index in [9.17, 15) is 9.59 Å². The van der Waals surface area contributed by atoms with Gasteiger partial charge in [0.15, 0.2) is 5.82 Å². The zero-order chi connectivity index (χ0) is 16.7. The van der Waals surface area contributed by atoms with E-state index in [-0.39, 0.29) is 12.1 Å². The summed E-state index contributed by atoms with van der Waals surface area (Å²) in [4.78, 5) is 25.9. The molecule has 0 radical (unpaired) electrons. The van der Waals surface area contributed by atoms with Crippen LogP contribution < -0.4 is 11.1 Å². The van der Waals surface area contributed by atoms with E-state index in [4.69, 9.17) is 0 Å². The largest absolute Gasteiger partial charge is 0.316 e. The first-order valence-electron chi connectivity index (χ1n) is 7.59. The molecule has 0 unspecified atom stereocenters. The van der Waals surface area contributed by atoms with Gasteiger partial charge in [-0.15, -0.1) is 9.90 Å². The van der Waals surface area contributed by atoms with Gasteiger partial charge in [0.05, 0.1) is 24.6 Å². The molecule has 1 saturated carbocycles. The lowest BCUT2D eigenvalue weighted by atomic mass is 10.3. The normalized spacial score (nSPS) is 15.4. The predicted octanol–water partition coefficient (Wildman–Crippen LogP) is -0.0620. The summed E-state index contributed by atoms with van der Waals surface area (Å²) < 4.78 is 2.88. The fraction of sp³-hybridized carbons (Fsp3) is 0.333. The number of aromatic nitrogens is 7. The summed E-state index contributed by atoms with van der Waals surface area (Å²) in [5.41, 5.74) is -0.677. The Labute approximate surface area is 136 Å². The van der Waals surface area contributed by atoms with Crippen molar-refractivity contribution in [3.63, 3.8) is 0 Å². The van der Waals surface area contributed by atoms with E-state index < -0.39 is 11.1 Å². The van der Waals surface area contributed by atoms with Crippen molar-refractivity contribution in [1.82, 2.24) is 34.3 Å². The van der Waals surface area contributed by atoms with Crippen molar-refractivity contribution in [3.8, 4) is 5.82 Å². The van der Waals surface area contributed by atoms with Crippen LogP contribution in [-0.2, 0) is 12.1 Å². The smallest absolute Gasteiger partial charge is 0.304 e. The van der Waals surface area contributed by atoms with E-state index in [1.54, 1.807) is 36.9 Å². The lowest BCUT2D eigenvalue weighted by Gasteiger charge is -2.13. The highest BCUT2D eigenvalue weighted by atomic mass is 16.2. The molecule has 0 aliphatic heterocycles. The third kappa shape index (κ3) is 2.43. The van der Waals surface area contributed by atoms with E-state index in [0.29, 0.717) is 11.5 Å². The predicted molar refractivity (Wildman–Crippen MR) is 83.9 cm³/mol. The molecule has 3 aromatic heterocycles. The summed E-state index contributed by atoms with van der Waals surface area (Å²) in [6.07, 6.45) is 8.23. The Bertz CT molecular complexity index is 982. The van der Waals surface area contributed by atoms with Crippen LogP contribution >= 0.6 is 0 Å². The molecule has 0 N–H and O–H groups in total. The lowest BCUT2D eigenvalue weighted by molar-refractivity contribution is 0.495. The zero-order valence-corrected chi connectivity index (χ0v) is 13.0. The van der Waals surface area contributed by atoms with Crippen LogP contribution in [-0.4, -0.2) is 34.3 Å². The molecule has 3 heterocycles. The molecule has 3 aromatic rings. The Balaban J connectivity index is 1.61. The van der Waals surface area contributed by atoms with Gasteiger partial charge in [0.1, 0.15) is 0 Å². The molecule has 9 nitrogen and oxygen atoms in total. The molecule has 0 amide bonds. The SMILES string of the molecule is CC1(n2ccn(Cc3ccc(-n4nccn4)nn3)c(=O)c2=O)CC1. The van der Waals surface area contributed by atoms with Crippen LogP contribution in [0.5, 0.6) is 0 Å². The standard InChI is InChI=1S/C15H15N7O2/c1-15(4-5-15)21-9-8-20(13(23)14(21)24)10-11-2-3-12(19-18-11)22-16-6-7-17-22/h2-3,6-9H,4-5,10H2,1H3. The molecule has 0 saturated heterocycles. The minimum Gasteiger partial charge on any atom is -0.304 e. The molecular weight excluding hydrogens is 310 g/mol. The summed E-state index contributed by atoms with van der Waals surface area (Å²) in [5, 5.41) is 16.0. The van der Waals surface area contributed by atoms with E-state index in [0.717, 1.165) is 12.8 Å². The number of hydrogen-bond acceptors (Lipinski definition) is 6. The Morgan fingerprint density at radius 1 is 1.04 bits per heavy atom. The number of hydrogen-bond donors (Lipinski definition) is 0. The first kappa shape index (κ1) is 14.5. The second-order valence-corrected chi connectivity index (χ2v) is 6.10. The average Bonchev–Trinajstić information content (AvgIpc) is 3.11. The molecule has 0 spiro atoms. The highest BCUT2D eigenvalue weighted by Crippen LogP contribution is 2.41. The fourth-order valence-electron chi connectivity index (χ4n) is 2.53. The van der Waals surface area contributed by atoms with E-state index >= 15 is 0 Å². The number of rotatable bonds is 4. The maximum atomic E-state index is 12.3. The van der Waals surface area contributed by atoms with Crippen molar-refractivity contribution in [2.24, 2.45) is 0 Å². The van der Waals surface area contributed by atoms with Gasteiger partial charge in [-0.05, 0) is 31.9 Å². The Morgan fingerprint density at radius 3 is 2.42 bits per heavy atom. The zero-order valence-electron chi connectivity index (χ0n) is 13.0. The minimum atomic E-state index is -0.551. The van der Waals surface area contributed by atoms with Crippen molar-refractivity contribution < 1.29 is 0 Å². The van der Waals surface area contributed by atoms with Gasteiger partial charge in [0, 0.05) is 17.9 Å². The molecule has 0 atom stereocenters. The van der Waals surface area contributed by atoms with Crippen molar-refractivity contribution in [3.05, 3.63) is 63.3 Å². The van der Waals surface area contributed by atoms with Gasteiger partial charge in [-0.1, -0.05) is 0 Å². The molecular formula is C15H15N7O2. The van der Waals surface area contributed by atoms with Gasteiger partial charge < -0.3 is 9.13 Å². The molecule has 0 aromatic carbocycles. The van der Waals surface area contributed by atoms with Gasteiger partial charge in [0.2, 0.25) is 0 Å². The van der Waals surface area contributed by atoms with Crippen LogP contribution in [0.3, 0.4) is 0 Å². The van der Waals surface area contributed by atoms with E-state index in [1.165, 1.54) is 13.9 Å². The molecule has 1 fully saturated rings. The Hall–Kier alpha value is -3.10. The lowest BCUT2D eigenvalue weighted by Crippen LogP contribution is -2.43. The highest BCUT2D eigenvalue weighted by molar-refractivity contribution is 5.18. The topological polar surface area (TPSA) is 100 Å². The van der Waals surface area contributed by atoms with Crippen LogP contribution in [0, 0.1) is 0 Å². The van der Waals surface area contributed by atoms with E-state index in [2.05, 4.69) is 20.4 Å². The third-order valence-electron chi connectivity index (χ3n) is 4.28. The molecule has 122 valence electrons. The second kappa shape index (κ2) is 5.22. The second-order valence-electron chi connectivity index (χ2n) is 6.10. The molecule has 1 aliphatic carbocycles. The maximum Gasteiger partial charge on any atom is 0.316 e. The third-order valence-corrected chi connectivity index (χ3v) is 4.28. The summed E-state index contributed by atoms with van der Waals surface area (Å²) in [7, 11) is 0. The van der Waals surface area contributed by atoms with Gasteiger partial charge in [0.25, 0.3) is 0 Å². The van der Waals surface area contributed by atoms with Crippen molar-refractivity contribution in [2.45, 2.75) is 31.8 Å². The van der Waals surface area contributed by atoms with E-state index in [1.807, 2.05) is 6.92 Å². The molecule has 1 aliphatic rings. The first-order chi connectivity index (χ1) is 11.6. The van der Waals surface area contributed by atoms with Crippen LogP contribution in [0.25, 0.3) is 5.82 Å². The first-order valence-corrected chi connectivity index (χ1v) is 7.59. The van der Waals surface area contributed by atoms with Crippen molar-refractivity contribution in [1.29, 1.82) is 0 Å². The number of nitrogens with zero attached hydrogens (tertiary/aromatic N) is 7. The average molecular weight is 325 g/mol. The van der Waals surface area contributed by atoms with Gasteiger partial charge >= 0.3 is 11.1 Å². The van der Waals surface area contributed by atoms with Crippen molar-refractivity contribution >= 4 is 0 Å². The summed E-state index contributed by atoms with van der Waals surface area (Å²) >= 11 is 0. The van der Waals surface area contributed by atoms with Gasteiger partial charge in [-0.25, -0.2) is 0 Å². The summed E-state index contributed by atoms with van der Waals surface area (Å²) in [5.74, 6) is 0.480. The van der Waals surface area contributed by atoms with Crippen LogP contribution in [0.4, 0.5) is 0 Å². The van der Waals surface area contributed by atoms with Crippen molar-refractivity contribution in [2.75, 3.05) is 0 Å². The summed E-state index contributed by atoms with van der Waals surface area (Å²) in [6, 6.07) is 3.44. The minimum absolute atomic E-state index is 0.186. The van der Waals surface area contributed by atoms with Crippen LogP contribution in [0.15, 0.2) is 46.5 Å². The van der Waals surface area contributed by atoms with Crippen LogP contribution in [0.2, 0.25) is 0 Å². The maximum absolute atomic E-state index is 12.3. The van der Waals surface area contributed by atoms with Crippen LogP contribution in [0.1, 0.15) is 25.5 Å². The molecule has 0 bridgehead atoms. The summed E-state index contributed by atoms with van der Waals surface area (Å²) in [6.45, 7) is 2.16. The fourth-order valence-corrected chi connectivity index (χ4v) is 2.53. The Morgan fingerprint density at radius 2 is 1.79 bits per heavy atom. The monoisotopic (exact) mass is 325 g/mol. The van der Waals surface area contributed by atoms with Gasteiger partial charge in [-0.2, -0.15) is 15.3 Å².